The van der Waals surface area contributed by atoms with Crippen LogP contribution in [0.15, 0.2) is 22.2 Å². The minimum Gasteiger partial charge on any atom is -0.370 e. The molecule has 0 bridgehead atoms. The number of carbonyl (C=O) groups is 1. The zero-order chi connectivity index (χ0) is 21.3. The SMILES string of the molecule is Cc1nc2c(c(C3CC=C(Cl)C=C3Cl)c1CN)C(=O)N(CCOCC(F)(F)F)C2. The van der Waals surface area contributed by atoms with Crippen molar-refractivity contribution in [3.05, 3.63) is 50.3 Å². The van der Waals surface area contributed by atoms with Gasteiger partial charge in [-0.15, -0.1) is 0 Å². The number of alkyl halides is 3. The van der Waals surface area contributed by atoms with E-state index >= 15 is 0 Å². The molecule has 10 heteroatoms. The molecule has 3 rings (SSSR count). The number of pyridine rings is 1. The molecule has 1 aliphatic heterocycles. The molecule has 0 spiro atoms. The monoisotopic (exact) mass is 449 g/mol. The van der Waals surface area contributed by atoms with E-state index in [1.807, 2.05) is 13.0 Å². The van der Waals surface area contributed by atoms with Crippen molar-refractivity contribution >= 4 is 29.1 Å². The summed E-state index contributed by atoms with van der Waals surface area (Å²) in [4.78, 5) is 19.0. The number of carbonyl (C=O) groups excluding carboxylic acids is 1. The van der Waals surface area contributed by atoms with E-state index in [-0.39, 0.29) is 38.1 Å². The van der Waals surface area contributed by atoms with Crippen LogP contribution in [0.5, 0.6) is 0 Å². The van der Waals surface area contributed by atoms with E-state index in [1.165, 1.54) is 4.90 Å². The summed E-state index contributed by atoms with van der Waals surface area (Å²) in [6.07, 6.45) is -0.428. The molecule has 2 N–H and O–H groups in total. The molecule has 1 aromatic rings. The van der Waals surface area contributed by atoms with Crippen LogP contribution in [0.3, 0.4) is 0 Å². The first kappa shape index (κ1) is 22.1. The fourth-order valence-corrected chi connectivity index (χ4v) is 4.24. The molecular weight excluding hydrogens is 430 g/mol. The summed E-state index contributed by atoms with van der Waals surface area (Å²) in [6.45, 7) is 0.655. The molecule has 0 aromatic carbocycles. The Hall–Kier alpha value is -1.61. The highest BCUT2D eigenvalue weighted by atomic mass is 35.5. The van der Waals surface area contributed by atoms with Crippen LogP contribution in [-0.2, 0) is 17.8 Å². The molecule has 0 radical (unpaired) electrons. The molecular formula is C19H20Cl2F3N3O2. The maximum Gasteiger partial charge on any atom is 0.411 e. The topological polar surface area (TPSA) is 68.5 Å². The Balaban J connectivity index is 1.88. The van der Waals surface area contributed by atoms with Gasteiger partial charge in [-0.25, -0.2) is 0 Å². The van der Waals surface area contributed by atoms with Crippen LogP contribution >= 0.6 is 23.2 Å². The fourth-order valence-electron chi connectivity index (χ4n) is 3.67. The number of amides is 1. The van der Waals surface area contributed by atoms with E-state index in [1.54, 1.807) is 6.08 Å². The van der Waals surface area contributed by atoms with E-state index in [9.17, 15) is 18.0 Å². The summed E-state index contributed by atoms with van der Waals surface area (Å²) in [5, 5.41) is 1.03. The zero-order valence-corrected chi connectivity index (χ0v) is 17.2. The number of aromatic nitrogens is 1. The minimum absolute atomic E-state index is 0.0295. The Labute approximate surface area is 176 Å². The predicted octanol–water partition coefficient (Wildman–Crippen LogP) is 4.12. The lowest BCUT2D eigenvalue weighted by Gasteiger charge is -2.24. The second-order valence-electron chi connectivity index (χ2n) is 6.92. The van der Waals surface area contributed by atoms with Crippen molar-refractivity contribution in [3.8, 4) is 0 Å². The largest absolute Gasteiger partial charge is 0.411 e. The van der Waals surface area contributed by atoms with Crippen LogP contribution in [0.1, 0.15) is 45.2 Å². The molecule has 1 aliphatic carbocycles. The van der Waals surface area contributed by atoms with E-state index < -0.39 is 12.8 Å². The van der Waals surface area contributed by atoms with E-state index in [0.29, 0.717) is 33.4 Å². The molecule has 2 aliphatic rings. The number of nitrogens with two attached hydrogens (primary N) is 1. The summed E-state index contributed by atoms with van der Waals surface area (Å²) in [5.74, 6) is -0.587. The number of fused-ring (bicyclic) bond motifs is 1. The van der Waals surface area contributed by atoms with Crippen LogP contribution in [0, 0.1) is 6.92 Å². The molecule has 158 valence electrons. The number of hydrogen-bond donors (Lipinski definition) is 1. The molecule has 1 aromatic heterocycles. The van der Waals surface area contributed by atoms with Gasteiger partial charge in [0.2, 0.25) is 0 Å². The Morgan fingerprint density at radius 2 is 2.10 bits per heavy atom. The second kappa shape index (κ2) is 8.63. The van der Waals surface area contributed by atoms with Gasteiger partial charge in [-0.2, -0.15) is 13.2 Å². The Bertz CT molecular complexity index is 884. The van der Waals surface area contributed by atoms with Crippen LogP contribution in [0.2, 0.25) is 0 Å². The van der Waals surface area contributed by atoms with E-state index in [2.05, 4.69) is 9.72 Å². The highest BCUT2D eigenvalue weighted by Crippen LogP contribution is 2.42. The molecule has 2 heterocycles. The van der Waals surface area contributed by atoms with Gasteiger partial charge in [0.05, 0.1) is 24.4 Å². The second-order valence-corrected chi connectivity index (χ2v) is 7.79. The van der Waals surface area contributed by atoms with E-state index in [4.69, 9.17) is 28.9 Å². The average Bonchev–Trinajstić information content (AvgIpc) is 2.92. The van der Waals surface area contributed by atoms with Crippen molar-refractivity contribution in [2.45, 2.75) is 38.5 Å². The molecule has 0 fully saturated rings. The molecule has 1 amide bonds. The summed E-state index contributed by atoms with van der Waals surface area (Å²) in [6, 6.07) is 0. The number of aryl methyl sites for hydroxylation is 1. The third kappa shape index (κ3) is 4.77. The lowest BCUT2D eigenvalue weighted by molar-refractivity contribution is -0.174. The molecule has 1 atom stereocenters. The van der Waals surface area contributed by atoms with Gasteiger partial charge >= 0.3 is 6.18 Å². The number of nitrogens with zero attached hydrogens (tertiary/aromatic N) is 2. The van der Waals surface area contributed by atoms with Gasteiger partial charge in [-0.1, -0.05) is 29.3 Å². The van der Waals surface area contributed by atoms with Gasteiger partial charge < -0.3 is 15.4 Å². The van der Waals surface area contributed by atoms with Crippen LogP contribution in [0.25, 0.3) is 0 Å². The van der Waals surface area contributed by atoms with Crippen LogP contribution < -0.4 is 5.73 Å². The van der Waals surface area contributed by atoms with Crippen LogP contribution in [-0.4, -0.2) is 41.7 Å². The third-order valence-corrected chi connectivity index (χ3v) is 5.58. The standard InChI is InChI=1S/C19H20Cl2F3N3O2/c1-10-13(7-25)16(12-3-2-11(20)6-14(12)21)17-15(26-10)8-27(18(17)28)4-5-29-9-19(22,23)24/h2,6,12H,3-5,7-9,25H2,1H3. The first-order valence-electron chi connectivity index (χ1n) is 9.01. The molecule has 1 unspecified atom stereocenters. The van der Waals surface area contributed by atoms with Crippen molar-refractivity contribution in [2.24, 2.45) is 5.73 Å². The van der Waals surface area contributed by atoms with Crippen molar-refractivity contribution < 1.29 is 22.7 Å². The first-order chi connectivity index (χ1) is 13.6. The number of rotatable bonds is 6. The lowest BCUT2D eigenvalue weighted by Crippen LogP contribution is -2.30. The summed E-state index contributed by atoms with van der Waals surface area (Å²) in [7, 11) is 0. The quantitative estimate of drug-likeness (QED) is 0.663. The Morgan fingerprint density at radius 3 is 2.72 bits per heavy atom. The number of hydrogen-bond acceptors (Lipinski definition) is 4. The summed E-state index contributed by atoms with van der Waals surface area (Å²) in [5.41, 5.74) is 9.12. The average molecular weight is 450 g/mol. The molecule has 5 nitrogen and oxygen atoms in total. The highest BCUT2D eigenvalue weighted by Gasteiger charge is 2.37. The van der Waals surface area contributed by atoms with Crippen molar-refractivity contribution in [1.29, 1.82) is 0 Å². The van der Waals surface area contributed by atoms with Gasteiger partial charge in [-0.05, 0) is 30.5 Å². The van der Waals surface area contributed by atoms with Gasteiger partial charge in [0, 0.05) is 34.8 Å². The first-order valence-corrected chi connectivity index (χ1v) is 9.76. The molecule has 29 heavy (non-hydrogen) atoms. The fraction of sp³-hybridized carbons (Fsp3) is 0.474. The van der Waals surface area contributed by atoms with Crippen molar-refractivity contribution in [1.82, 2.24) is 9.88 Å². The van der Waals surface area contributed by atoms with Gasteiger partial charge in [-0.3, -0.25) is 9.78 Å². The zero-order valence-electron chi connectivity index (χ0n) is 15.7. The smallest absolute Gasteiger partial charge is 0.370 e. The van der Waals surface area contributed by atoms with Gasteiger partial charge in [0.25, 0.3) is 5.91 Å². The molecule has 0 saturated carbocycles. The normalized spacial score (nSPS) is 19.3. The predicted molar refractivity (Wildman–Crippen MR) is 104 cm³/mol. The van der Waals surface area contributed by atoms with Gasteiger partial charge in [0.15, 0.2) is 0 Å². The highest BCUT2D eigenvalue weighted by molar-refractivity contribution is 6.35. The van der Waals surface area contributed by atoms with Crippen molar-refractivity contribution in [3.63, 3.8) is 0 Å². The minimum atomic E-state index is -4.40. The Kier molecular flexibility index (Phi) is 6.57. The maximum absolute atomic E-state index is 13.1. The molecule has 0 saturated heterocycles. The summed E-state index contributed by atoms with van der Waals surface area (Å²) < 4.78 is 41.4. The lowest BCUT2D eigenvalue weighted by atomic mass is 9.84. The maximum atomic E-state index is 13.1. The van der Waals surface area contributed by atoms with Crippen LogP contribution in [0.4, 0.5) is 13.2 Å². The number of allylic oxidation sites excluding steroid dienone is 4. The number of halogens is 5. The number of ether oxygens (including phenoxy) is 1. The van der Waals surface area contributed by atoms with E-state index in [0.717, 1.165) is 11.1 Å². The van der Waals surface area contributed by atoms with Crippen molar-refractivity contribution in [2.75, 3.05) is 19.8 Å². The van der Waals surface area contributed by atoms with Gasteiger partial charge in [0.1, 0.15) is 6.61 Å². The third-order valence-electron chi connectivity index (χ3n) is 4.95. The summed E-state index contributed by atoms with van der Waals surface area (Å²) >= 11 is 12.5. The Morgan fingerprint density at radius 1 is 1.38 bits per heavy atom.